The topological polar surface area (TPSA) is 84.7 Å². The summed E-state index contributed by atoms with van der Waals surface area (Å²) in [6.45, 7) is 6.36. The number of methoxy groups -OCH3 is 1. The van der Waals surface area contributed by atoms with Crippen molar-refractivity contribution < 1.29 is 9.53 Å². The van der Waals surface area contributed by atoms with Crippen molar-refractivity contribution in [1.29, 1.82) is 0 Å². The predicted octanol–water partition coefficient (Wildman–Crippen LogP) is 2.58. The number of benzene rings is 1. The van der Waals surface area contributed by atoms with Crippen molar-refractivity contribution >= 4 is 17.5 Å². The lowest BCUT2D eigenvalue weighted by molar-refractivity contribution is -0.125. The Labute approximate surface area is 182 Å². The number of aromatic nitrogens is 4. The maximum atomic E-state index is 12.9. The van der Waals surface area contributed by atoms with Crippen molar-refractivity contribution in [1.82, 2.24) is 24.9 Å². The summed E-state index contributed by atoms with van der Waals surface area (Å²) in [5.74, 6) is 2.56. The fourth-order valence-electron chi connectivity index (χ4n) is 4.36. The Bertz CT molecular complexity index is 1050. The molecule has 8 nitrogen and oxygen atoms in total. The van der Waals surface area contributed by atoms with E-state index in [4.69, 9.17) is 4.74 Å². The molecule has 1 aliphatic heterocycles. The largest absolute Gasteiger partial charge is 0.497 e. The number of hydrogen-bond donors (Lipinski definition) is 1. The first-order valence-electron chi connectivity index (χ1n) is 11.0. The van der Waals surface area contributed by atoms with E-state index in [1.807, 2.05) is 35.7 Å². The molecule has 3 aromatic rings. The third-order valence-electron chi connectivity index (χ3n) is 6.02. The molecule has 0 radical (unpaired) electrons. The van der Waals surface area contributed by atoms with Crippen molar-refractivity contribution in [2.24, 2.45) is 5.92 Å². The Morgan fingerprint density at radius 2 is 2.10 bits per heavy atom. The lowest BCUT2D eigenvalue weighted by Crippen LogP contribution is -2.44. The van der Waals surface area contributed by atoms with Crippen molar-refractivity contribution in [3.05, 3.63) is 47.4 Å². The van der Waals surface area contributed by atoms with E-state index < -0.39 is 0 Å². The van der Waals surface area contributed by atoms with Crippen LogP contribution < -0.4 is 15.0 Å². The first-order chi connectivity index (χ1) is 15.1. The summed E-state index contributed by atoms with van der Waals surface area (Å²) < 4.78 is 7.01. The summed E-state index contributed by atoms with van der Waals surface area (Å²) in [5.41, 5.74) is 3.32. The fourth-order valence-corrected chi connectivity index (χ4v) is 4.36. The van der Waals surface area contributed by atoms with Crippen molar-refractivity contribution in [3.63, 3.8) is 0 Å². The Morgan fingerprint density at radius 1 is 1.29 bits per heavy atom. The van der Waals surface area contributed by atoms with E-state index in [2.05, 4.69) is 32.2 Å². The molecule has 0 unspecified atom stereocenters. The van der Waals surface area contributed by atoms with Gasteiger partial charge in [-0.05, 0) is 50.3 Å². The molecule has 1 amide bonds. The predicted molar refractivity (Wildman–Crippen MR) is 120 cm³/mol. The van der Waals surface area contributed by atoms with Gasteiger partial charge in [-0.2, -0.15) is 14.6 Å². The number of nitrogens with zero attached hydrogens (tertiary/aromatic N) is 5. The molecule has 31 heavy (non-hydrogen) atoms. The number of carbonyl (C=O) groups excluding carboxylic acids is 1. The van der Waals surface area contributed by atoms with Crippen LogP contribution in [-0.4, -0.2) is 52.2 Å². The van der Waals surface area contributed by atoms with Crippen LogP contribution in [0.15, 0.2) is 30.6 Å². The molecule has 1 atom stereocenters. The van der Waals surface area contributed by atoms with Gasteiger partial charge in [-0.25, -0.2) is 4.98 Å². The standard InChI is InChI=1S/C23H30N6O2/c1-4-20-16(2)27-23-25-15-26-29(23)22(20)28-13-5-6-18(14-28)21(30)24-12-11-17-7-9-19(31-3)10-8-17/h7-10,15,18H,4-6,11-14H2,1-3H3,(H,24,30)/t18-/m1/s1. The molecule has 4 rings (SSSR count). The van der Waals surface area contributed by atoms with E-state index in [1.54, 1.807) is 7.11 Å². The number of fused-ring (bicyclic) bond motifs is 1. The van der Waals surface area contributed by atoms with E-state index in [0.29, 0.717) is 18.9 Å². The summed E-state index contributed by atoms with van der Waals surface area (Å²) in [7, 11) is 1.66. The van der Waals surface area contributed by atoms with Gasteiger partial charge in [-0.1, -0.05) is 19.1 Å². The van der Waals surface area contributed by atoms with Crippen LogP contribution in [0.4, 0.5) is 5.82 Å². The van der Waals surface area contributed by atoms with E-state index in [-0.39, 0.29) is 11.8 Å². The highest BCUT2D eigenvalue weighted by atomic mass is 16.5. The molecular weight excluding hydrogens is 392 g/mol. The van der Waals surface area contributed by atoms with Gasteiger partial charge >= 0.3 is 0 Å². The smallest absolute Gasteiger partial charge is 0.254 e. The van der Waals surface area contributed by atoms with E-state index >= 15 is 0 Å². The minimum Gasteiger partial charge on any atom is -0.497 e. The molecule has 1 aromatic carbocycles. The minimum absolute atomic E-state index is 0.0404. The maximum absolute atomic E-state index is 12.9. The molecule has 0 spiro atoms. The SMILES string of the molecule is CCc1c(C)nc2ncnn2c1N1CCC[C@@H](C(=O)NCCc2ccc(OC)cc2)C1. The highest BCUT2D eigenvalue weighted by molar-refractivity contribution is 5.79. The first kappa shape index (κ1) is 21.1. The van der Waals surface area contributed by atoms with Gasteiger partial charge in [-0.3, -0.25) is 4.79 Å². The second kappa shape index (κ2) is 9.32. The van der Waals surface area contributed by atoms with Crippen LogP contribution >= 0.6 is 0 Å². The first-order valence-corrected chi connectivity index (χ1v) is 11.0. The number of piperidine rings is 1. The summed E-state index contributed by atoms with van der Waals surface area (Å²) in [6.07, 6.45) is 5.07. The van der Waals surface area contributed by atoms with E-state index in [0.717, 1.165) is 49.5 Å². The van der Waals surface area contributed by atoms with Crippen LogP contribution in [0.2, 0.25) is 0 Å². The number of carbonyl (C=O) groups is 1. The molecule has 2 aromatic heterocycles. The zero-order chi connectivity index (χ0) is 21.8. The zero-order valence-electron chi connectivity index (χ0n) is 18.5. The van der Waals surface area contributed by atoms with Gasteiger partial charge in [0.1, 0.15) is 17.9 Å². The van der Waals surface area contributed by atoms with Crippen molar-refractivity contribution in [2.75, 3.05) is 31.6 Å². The van der Waals surface area contributed by atoms with Gasteiger partial charge < -0.3 is 15.0 Å². The molecule has 1 fully saturated rings. The number of hydrogen-bond acceptors (Lipinski definition) is 6. The van der Waals surface area contributed by atoms with Gasteiger partial charge in [0.25, 0.3) is 5.78 Å². The Morgan fingerprint density at radius 3 is 2.84 bits per heavy atom. The Kier molecular flexibility index (Phi) is 6.34. The highest BCUT2D eigenvalue weighted by Gasteiger charge is 2.29. The molecule has 0 saturated carbocycles. The summed E-state index contributed by atoms with van der Waals surface area (Å²) in [5, 5.41) is 7.53. The highest BCUT2D eigenvalue weighted by Crippen LogP contribution is 2.28. The average Bonchev–Trinajstić information content (AvgIpc) is 3.26. The maximum Gasteiger partial charge on any atom is 0.254 e. The molecule has 1 N–H and O–H groups in total. The number of rotatable bonds is 7. The van der Waals surface area contributed by atoms with Crippen LogP contribution in [0.3, 0.4) is 0 Å². The van der Waals surface area contributed by atoms with Crippen molar-refractivity contribution in [2.45, 2.75) is 39.5 Å². The van der Waals surface area contributed by atoms with Gasteiger partial charge in [0.2, 0.25) is 5.91 Å². The summed E-state index contributed by atoms with van der Waals surface area (Å²) >= 11 is 0. The van der Waals surface area contributed by atoms with E-state index in [1.165, 1.54) is 17.5 Å². The van der Waals surface area contributed by atoms with Gasteiger partial charge in [0, 0.05) is 30.9 Å². The fraction of sp³-hybridized carbons (Fsp3) is 0.478. The molecule has 8 heteroatoms. The van der Waals surface area contributed by atoms with Crippen LogP contribution in [0.1, 0.15) is 36.6 Å². The lowest BCUT2D eigenvalue weighted by atomic mass is 9.96. The monoisotopic (exact) mass is 422 g/mol. The van der Waals surface area contributed by atoms with Gasteiger partial charge in [-0.15, -0.1) is 0 Å². The van der Waals surface area contributed by atoms with Gasteiger partial charge in [0.15, 0.2) is 0 Å². The third-order valence-corrected chi connectivity index (χ3v) is 6.02. The third kappa shape index (κ3) is 4.47. The number of ether oxygens (including phenoxy) is 1. The normalized spacial score (nSPS) is 16.5. The summed E-state index contributed by atoms with van der Waals surface area (Å²) in [6, 6.07) is 7.97. The van der Waals surface area contributed by atoms with Crippen molar-refractivity contribution in [3.8, 4) is 5.75 Å². The minimum atomic E-state index is -0.0404. The average molecular weight is 423 g/mol. The number of nitrogens with one attached hydrogen (secondary N) is 1. The number of anilines is 1. The van der Waals surface area contributed by atoms with E-state index in [9.17, 15) is 4.79 Å². The van der Waals surface area contributed by atoms with Crippen LogP contribution in [0.25, 0.3) is 5.78 Å². The zero-order valence-corrected chi connectivity index (χ0v) is 18.5. The Hall–Kier alpha value is -3.16. The second-order valence-corrected chi connectivity index (χ2v) is 8.00. The molecule has 0 bridgehead atoms. The number of aryl methyl sites for hydroxylation is 1. The Balaban J connectivity index is 1.42. The molecule has 3 heterocycles. The van der Waals surface area contributed by atoms with Crippen LogP contribution in [0, 0.1) is 12.8 Å². The molecule has 164 valence electrons. The number of amides is 1. The molecule has 0 aliphatic carbocycles. The molecule has 1 saturated heterocycles. The van der Waals surface area contributed by atoms with Gasteiger partial charge in [0.05, 0.1) is 13.0 Å². The summed E-state index contributed by atoms with van der Waals surface area (Å²) in [4.78, 5) is 24.0. The molecule has 1 aliphatic rings. The van der Waals surface area contributed by atoms with Crippen LogP contribution in [0.5, 0.6) is 5.75 Å². The molecular formula is C23H30N6O2. The lowest BCUT2D eigenvalue weighted by Gasteiger charge is -2.35. The second-order valence-electron chi connectivity index (χ2n) is 8.00. The van der Waals surface area contributed by atoms with Crippen LogP contribution in [-0.2, 0) is 17.6 Å². The quantitative estimate of drug-likeness (QED) is 0.630.